The molecule has 0 radical (unpaired) electrons. The van der Waals surface area contributed by atoms with Gasteiger partial charge in [0.2, 0.25) is 0 Å². The largest absolute Gasteiger partial charge is 0.459 e. The van der Waals surface area contributed by atoms with Crippen LogP contribution in [0.3, 0.4) is 0 Å². The highest BCUT2D eigenvalue weighted by molar-refractivity contribution is 5.97. The van der Waals surface area contributed by atoms with Crippen LogP contribution < -0.4 is 10.6 Å². The Morgan fingerprint density at radius 2 is 2.04 bits per heavy atom. The fourth-order valence-electron chi connectivity index (χ4n) is 3.10. The van der Waals surface area contributed by atoms with Crippen LogP contribution in [0.5, 0.6) is 0 Å². The summed E-state index contributed by atoms with van der Waals surface area (Å²) >= 11 is 0. The van der Waals surface area contributed by atoms with Crippen molar-refractivity contribution in [3.63, 3.8) is 0 Å². The van der Waals surface area contributed by atoms with E-state index in [4.69, 9.17) is 4.74 Å². The number of urea groups is 2. The van der Waals surface area contributed by atoms with Gasteiger partial charge < -0.3 is 15.4 Å². The molecule has 0 spiro atoms. The summed E-state index contributed by atoms with van der Waals surface area (Å²) in [5, 5.41) is 5.37. The van der Waals surface area contributed by atoms with Gasteiger partial charge in [-0.3, -0.25) is 0 Å². The summed E-state index contributed by atoms with van der Waals surface area (Å²) in [7, 11) is 0. The van der Waals surface area contributed by atoms with Gasteiger partial charge in [-0.05, 0) is 32.3 Å². The Morgan fingerprint density at radius 3 is 2.64 bits per heavy atom. The van der Waals surface area contributed by atoms with E-state index >= 15 is 0 Å². The van der Waals surface area contributed by atoms with Crippen LogP contribution in [-0.2, 0) is 9.53 Å². The standard InChI is InChI=1S/C18H27N3O4/c1-3-4-8-14(2)13-25-15(22)18(9-6-5-7-10-18)20-17(24)21-12-11-19-16(21)23/h3-4,8H,5-7,9-13H2,1-2H3,(H,19,23)(H,20,24)/b4-3-,14-8+. The summed E-state index contributed by atoms with van der Waals surface area (Å²) in [4.78, 5) is 37.9. The third-order valence-electron chi connectivity index (χ3n) is 4.55. The third kappa shape index (κ3) is 4.84. The van der Waals surface area contributed by atoms with E-state index in [1.807, 2.05) is 32.1 Å². The number of carbonyl (C=O) groups is 3. The zero-order valence-electron chi connectivity index (χ0n) is 15.0. The minimum Gasteiger partial charge on any atom is -0.459 e. The molecule has 0 bridgehead atoms. The number of hydrogen-bond donors (Lipinski definition) is 2. The Hall–Kier alpha value is -2.31. The lowest BCUT2D eigenvalue weighted by atomic mass is 9.81. The molecule has 0 unspecified atom stereocenters. The fourth-order valence-corrected chi connectivity index (χ4v) is 3.10. The van der Waals surface area contributed by atoms with Crippen molar-refractivity contribution in [2.24, 2.45) is 0 Å². The average Bonchev–Trinajstić information content (AvgIpc) is 3.04. The van der Waals surface area contributed by atoms with E-state index in [1.54, 1.807) is 0 Å². The first-order valence-corrected chi connectivity index (χ1v) is 8.82. The van der Waals surface area contributed by atoms with Crippen molar-refractivity contribution < 1.29 is 19.1 Å². The molecule has 1 saturated carbocycles. The van der Waals surface area contributed by atoms with Gasteiger partial charge in [0.05, 0.1) is 0 Å². The Morgan fingerprint density at radius 1 is 1.32 bits per heavy atom. The normalized spacial score (nSPS) is 20.5. The fraction of sp³-hybridized carbons (Fsp3) is 0.611. The number of amides is 4. The predicted molar refractivity (Wildman–Crippen MR) is 94.0 cm³/mol. The predicted octanol–water partition coefficient (Wildman–Crippen LogP) is 2.49. The van der Waals surface area contributed by atoms with E-state index in [0.29, 0.717) is 25.9 Å². The van der Waals surface area contributed by atoms with Crippen molar-refractivity contribution in [2.45, 2.75) is 51.5 Å². The van der Waals surface area contributed by atoms with E-state index < -0.39 is 23.6 Å². The lowest BCUT2D eigenvalue weighted by Gasteiger charge is -2.36. The zero-order chi connectivity index (χ0) is 18.3. The number of rotatable bonds is 5. The minimum absolute atomic E-state index is 0.186. The smallest absolute Gasteiger partial charge is 0.332 e. The van der Waals surface area contributed by atoms with E-state index in [2.05, 4.69) is 10.6 Å². The molecule has 1 aliphatic carbocycles. The van der Waals surface area contributed by atoms with Crippen LogP contribution in [0.2, 0.25) is 0 Å². The number of allylic oxidation sites excluding steroid dienone is 3. The van der Waals surface area contributed by atoms with Crippen molar-refractivity contribution in [3.8, 4) is 0 Å². The van der Waals surface area contributed by atoms with Crippen LogP contribution in [-0.4, -0.2) is 48.2 Å². The second-order valence-corrected chi connectivity index (χ2v) is 6.57. The lowest BCUT2D eigenvalue weighted by molar-refractivity contribution is -0.151. The highest BCUT2D eigenvalue weighted by atomic mass is 16.5. The monoisotopic (exact) mass is 349 g/mol. The number of carbonyl (C=O) groups excluding carboxylic acids is 3. The summed E-state index contributed by atoms with van der Waals surface area (Å²) in [6, 6.07) is -0.961. The van der Waals surface area contributed by atoms with Crippen molar-refractivity contribution in [3.05, 3.63) is 23.8 Å². The van der Waals surface area contributed by atoms with Crippen LogP contribution in [0.1, 0.15) is 46.0 Å². The molecule has 25 heavy (non-hydrogen) atoms. The van der Waals surface area contributed by atoms with Gasteiger partial charge in [-0.15, -0.1) is 0 Å². The number of ether oxygens (including phenoxy) is 1. The average molecular weight is 349 g/mol. The van der Waals surface area contributed by atoms with Gasteiger partial charge in [0.25, 0.3) is 0 Å². The van der Waals surface area contributed by atoms with Gasteiger partial charge >= 0.3 is 18.0 Å². The maximum absolute atomic E-state index is 12.7. The third-order valence-corrected chi connectivity index (χ3v) is 4.55. The summed E-state index contributed by atoms with van der Waals surface area (Å²) < 4.78 is 5.46. The van der Waals surface area contributed by atoms with Crippen LogP contribution in [0.25, 0.3) is 0 Å². The molecular formula is C18H27N3O4. The molecule has 2 N–H and O–H groups in total. The SMILES string of the molecule is C/C=C\C=C(/C)COC(=O)C1(NC(=O)N2CCNC2=O)CCCCC1. The molecule has 2 rings (SSSR count). The summed E-state index contributed by atoms with van der Waals surface area (Å²) in [5.74, 6) is -0.423. The lowest BCUT2D eigenvalue weighted by Crippen LogP contribution is -2.59. The second kappa shape index (κ2) is 8.69. The van der Waals surface area contributed by atoms with Crippen LogP contribution in [0, 0.1) is 0 Å². The molecule has 0 atom stereocenters. The molecule has 2 aliphatic rings. The first kappa shape index (κ1) is 19.0. The summed E-state index contributed by atoms with van der Waals surface area (Å²) in [6.07, 6.45) is 9.44. The first-order valence-electron chi connectivity index (χ1n) is 8.82. The van der Waals surface area contributed by atoms with Crippen molar-refractivity contribution in [1.82, 2.24) is 15.5 Å². The van der Waals surface area contributed by atoms with Gasteiger partial charge in [-0.25, -0.2) is 19.3 Å². The molecular weight excluding hydrogens is 322 g/mol. The van der Waals surface area contributed by atoms with E-state index in [-0.39, 0.29) is 6.61 Å². The molecule has 7 nitrogen and oxygen atoms in total. The van der Waals surface area contributed by atoms with Gasteiger partial charge in [-0.1, -0.05) is 37.5 Å². The van der Waals surface area contributed by atoms with Crippen molar-refractivity contribution >= 4 is 18.0 Å². The number of hydrogen-bond acceptors (Lipinski definition) is 4. The van der Waals surface area contributed by atoms with E-state index in [0.717, 1.165) is 29.7 Å². The van der Waals surface area contributed by atoms with Gasteiger partial charge in [-0.2, -0.15) is 0 Å². The highest BCUT2D eigenvalue weighted by Crippen LogP contribution is 2.30. The zero-order valence-corrected chi connectivity index (χ0v) is 15.0. The Kier molecular flexibility index (Phi) is 6.61. The van der Waals surface area contributed by atoms with E-state index in [9.17, 15) is 14.4 Å². The van der Waals surface area contributed by atoms with Crippen molar-refractivity contribution in [2.75, 3.05) is 19.7 Å². The van der Waals surface area contributed by atoms with Crippen LogP contribution in [0.4, 0.5) is 9.59 Å². The highest BCUT2D eigenvalue weighted by Gasteiger charge is 2.44. The molecule has 4 amide bonds. The first-order chi connectivity index (χ1) is 12.0. The quantitative estimate of drug-likeness (QED) is 0.590. The molecule has 0 aromatic heterocycles. The number of nitrogens with one attached hydrogen (secondary N) is 2. The second-order valence-electron chi connectivity index (χ2n) is 6.57. The van der Waals surface area contributed by atoms with Gasteiger partial charge in [0.15, 0.2) is 0 Å². The van der Waals surface area contributed by atoms with Gasteiger partial charge in [0.1, 0.15) is 12.1 Å². The maximum Gasteiger partial charge on any atom is 0.332 e. The Labute approximate surface area is 148 Å². The summed E-state index contributed by atoms with van der Waals surface area (Å²) in [5.41, 5.74) is -0.123. The maximum atomic E-state index is 12.7. The Bertz CT molecular complexity index is 577. The van der Waals surface area contributed by atoms with Crippen molar-refractivity contribution in [1.29, 1.82) is 0 Å². The topological polar surface area (TPSA) is 87.7 Å². The molecule has 0 aromatic rings. The Balaban J connectivity index is 2.04. The summed E-state index contributed by atoms with van der Waals surface area (Å²) in [6.45, 7) is 4.72. The minimum atomic E-state index is -1.04. The molecule has 0 aromatic carbocycles. The molecule has 138 valence electrons. The van der Waals surface area contributed by atoms with Gasteiger partial charge in [0, 0.05) is 13.1 Å². The number of imide groups is 1. The number of nitrogens with zero attached hydrogens (tertiary/aromatic N) is 1. The molecule has 1 saturated heterocycles. The number of esters is 1. The van der Waals surface area contributed by atoms with Crippen LogP contribution >= 0.6 is 0 Å². The molecule has 2 fully saturated rings. The van der Waals surface area contributed by atoms with Crippen LogP contribution in [0.15, 0.2) is 23.8 Å². The molecule has 7 heteroatoms. The molecule has 1 heterocycles. The molecule has 1 aliphatic heterocycles. The van der Waals surface area contributed by atoms with E-state index in [1.165, 1.54) is 0 Å².